The third kappa shape index (κ3) is 13.1. The zero-order chi connectivity index (χ0) is 21.9. The second-order valence-corrected chi connectivity index (χ2v) is 8.74. The summed E-state index contributed by atoms with van der Waals surface area (Å²) < 4.78 is 11.0. The number of hydrogen-bond acceptors (Lipinski definition) is 5. The summed E-state index contributed by atoms with van der Waals surface area (Å²) in [5, 5.41) is 28.6. The predicted molar refractivity (Wildman–Crippen MR) is 123 cm³/mol. The lowest BCUT2D eigenvalue weighted by Crippen LogP contribution is -2.41. The minimum atomic E-state index is -1.06. The van der Waals surface area contributed by atoms with Gasteiger partial charge in [0.05, 0.1) is 13.2 Å². The van der Waals surface area contributed by atoms with Crippen LogP contribution in [0.15, 0.2) is 12.2 Å². The Morgan fingerprint density at radius 3 is 1.97 bits per heavy atom. The van der Waals surface area contributed by atoms with E-state index < -0.39 is 31.0 Å². The molecule has 0 aromatic carbocycles. The lowest BCUT2D eigenvalue weighted by Gasteiger charge is -2.20. The predicted octanol–water partition coefficient (Wildman–Crippen LogP) is 4.91. The van der Waals surface area contributed by atoms with Gasteiger partial charge in [-0.25, -0.2) is 0 Å². The minimum Gasteiger partial charge on any atom is -0.394 e. The second kappa shape index (κ2) is 19.2. The van der Waals surface area contributed by atoms with E-state index in [2.05, 4.69) is 19.1 Å². The summed E-state index contributed by atoms with van der Waals surface area (Å²) in [5.41, 5.74) is 0. The van der Waals surface area contributed by atoms with Gasteiger partial charge in [-0.1, -0.05) is 89.7 Å². The number of hydrogen-bond donors (Lipinski definition) is 3. The van der Waals surface area contributed by atoms with Crippen molar-refractivity contribution in [3.63, 3.8) is 0 Å². The molecule has 0 saturated carbocycles. The van der Waals surface area contributed by atoms with E-state index in [1.807, 2.05) is 0 Å². The molecule has 3 N–H and O–H groups in total. The molecule has 0 aliphatic carbocycles. The molecule has 1 aliphatic rings. The van der Waals surface area contributed by atoms with E-state index >= 15 is 0 Å². The molecule has 1 rings (SSSR count). The monoisotopic (exact) mass is 428 g/mol. The van der Waals surface area contributed by atoms with Gasteiger partial charge in [0, 0.05) is 6.61 Å². The fourth-order valence-corrected chi connectivity index (χ4v) is 3.98. The van der Waals surface area contributed by atoms with Crippen molar-refractivity contribution in [2.45, 2.75) is 128 Å². The van der Waals surface area contributed by atoms with E-state index in [4.69, 9.17) is 14.6 Å². The molecule has 0 bridgehead atoms. The topological polar surface area (TPSA) is 79.2 Å². The largest absolute Gasteiger partial charge is 0.394 e. The number of aliphatic hydroxyl groups excluding tert-OH is 3. The quantitative estimate of drug-likeness (QED) is 0.190. The molecule has 4 atom stereocenters. The Kier molecular flexibility index (Phi) is 17.7. The highest BCUT2D eigenvalue weighted by molar-refractivity contribution is 4.89. The standard InChI is InChI=1S/C25H48O5/c1-2-3-4-5-6-7-8-9-10-11-12-13-14-15-16-17-18-19-29-23-21-30-25(24(23)28)22(27)20-26/h15-16,22-28H,2-14,17-21H2,1H3/b16-15+/t22-,23+,24-,25-/m1/s1. The first-order valence-electron chi connectivity index (χ1n) is 12.6. The van der Waals surface area contributed by atoms with Crippen molar-refractivity contribution in [3.05, 3.63) is 12.2 Å². The van der Waals surface area contributed by atoms with Crippen LogP contribution in [-0.4, -0.2) is 59.6 Å². The van der Waals surface area contributed by atoms with Crippen molar-refractivity contribution in [3.8, 4) is 0 Å². The third-order valence-corrected chi connectivity index (χ3v) is 5.97. The molecule has 1 heterocycles. The van der Waals surface area contributed by atoms with Crippen molar-refractivity contribution in [1.82, 2.24) is 0 Å². The minimum absolute atomic E-state index is 0.262. The Morgan fingerprint density at radius 1 is 0.867 bits per heavy atom. The van der Waals surface area contributed by atoms with Gasteiger partial charge in [0.2, 0.25) is 0 Å². The van der Waals surface area contributed by atoms with E-state index in [0.29, 0.717) is 6.61 Å². The van der Waals surface area contributed by atoms with Crippen LogP contribution in [-0.2, 0) is 9.47 Å². The van der Waals surface area contributed by atoms with E-state index in [9.17, 15) is 10.2 Å². The first-order chi connectivity index (χ1) is 14.7. The van der Waals surface area contributed by atoms with Crippen LogP contribution in [0.4, 0.5) is 0 Å². The van der Waals surface area contributed by atoms with Crippen LogP contribution in [0.25, 0.3) is 0 Å². The van der Waals surface area contributed by atoms with Gasteiger partial charge in [-0.05, 0) is 25.7 Å². The van der Waals surface area contributed by atoms with Crippen molar-refractivity contribution in [1.29, 1.82) is 0 Å². The average molecular weight is 429 g/mol. The van der Waals surface area contributed by atoms with Crippen LogP contribution in [0.5, 0.6) is 0 Å². The summed E-state index contributed by atoms with van der Waals surface area (Å²) >= 11 is 0. The number of aliphatic hydroxyl groups is 3. The van der Waals surface area contributed by atoms with E-state index in [0.717, 1.165) is 19.3 Å². The highest BCUT2D eigenvalue weighted by Crippen LogP contribution is 2.20. The number of allylic oxidation sites excluding steroid dienone is 2. The highest BCUT2D eigenvalue weighted by Gasteiger charge is 2.40. The molecular formula is C25H48O5. The van der Waals surface area contributed by atoms with Gasteiger partial charge in [0.15, 0.2) is 0 Å². The van der Waals surface area contributed by atoms with Gasteiger partial charge in [-0.3, -0.25) is 0 Å². The second-order valence-electron chi connectivity index (χ2n) is 8.74. The summed E-state index contributed by atoms with van der Waals surface area (Å²) in [6, 6.07) is 0. The molecule has 5 nitrogen and oxygen atoms in total. The third-order valence-electron chi connectivity index (χ3n) is 5.97. The van der Waals surface area contributed by atoms with Crippen LogP contribution in [0, 0.1) is 0 Å². The van der Waals surface area contributed by atoms with Crippen LogP contribution in [0.1, 0.15) is 103 Å². The summed E-state index contributed by atoms with van der Waals surface area (Å²) in [6.07, 6.45) is 21.1. The molecule has 1 fully saturated rings. The summed E-state index contributed by atoms with van der Waals surface area (Å²) in [4.78, 5) is 0. The molecule has 0 aromatic heterocycles. The maximum Gasteiger partial charge on any atom is 0.114 e. The summed E-state index contributed by atoms with van der Waals surface area (Å²) in [6.45, 7) is 2.68. The lowest BCUT2D eigenvalue weighted by molar-refractivity contribution is -0.0729. The maximum atomic E-state index is 10.1. The molecule has 0 spiro atoms. The summed E-state index contributed by atoms with van der Waals surface area (Å²) in [7, 11) is 0. The highest BCUT2D eigenvalue weighted by atomic mass is 16.6. The number of rotatable bonds is 20. The SMILES string of the molecule is CCCCCCCCCCCCCC/C=C/CCCO[C@H]1CO[C@H]([C@H](O)CO)[C@@H]1O. The first-order valence-corrected chi connectivity index (χ1v) is 12.6. The van der Waals surface area contributed by atoms with Crippen molar-refractivity contribution in [2.75, 3.05) is 19.8 Å². The molecule has 0 aromatic rings. The van der Waals surface area contributed by atoms with E-state index in [-0.39, 0.29) is 6.61 Å². The van der Waals surface area contributed by atoms with Gasteiger partial charge in [-0.15, -0.1) is 0 Å². The van der Waals surface area contributed by atoms with Gasteiger partial charge in [-0.2, -0.15) is 0 Å². The first kappa shape index (κ1) is 27.6. The van der Waals surface area contributed by atoms with E-state index in [1.165, 1.54) is 77.0 Å². The fourth-order valence-electron chi connectivity index (χ4n) is 3.98. The van der Waals surface area contributed by atoms with Gasteiger partial charge in [0.25, 0.3) is 0 Å². The van der Waals surface area contributed by atoms with Gasteiger partial charge in [0.1, 0.15) is 24.4 Å². The van der Waals surface area contributed by atoms with Crippen LogP contribution in [0.2, 0.25) is 0 Å². The molecule has 178 valence electrons. The molecule has 1 saturated heterocycles. The fraction of sp³-hybridized carbons (Fsp3) is 0.920. The maximum absolute atomic E-state index is 10.1. The van der Waals surface area contributed by atoms with E-state index in [1.54, 1.807) is 0 Å². The Morgan fingerprint density at radius 2 is 1.40 bits per heavy atom. The Hall–Kier alpha value is -0.460. The lowest BCUT2D eigenvalue weighted by atomic mass is 10.0. The van der Waals surface area contributed by atoms with Crippen LogP contribution in [0.3, 0.4) is 0 Å². The molecule has 0 radical (unpaired) electrons. The molecule has 0 amide bonds. The van der Waals surface area contributed by atoms with Crippen molar-refractivity contribution >= 4 is 0 Å². The molecule has 1 aliphatic heterocycles. The Bertz CT molecular complexity index is 401. The number of ether oxygens (including phenoxy) is 2. The van der Waals surface area contributed by atoms with Crippen molar-refractivity contribution in [2.24, 2.45) is 0 Å². The van der Waals surface area contributed by atoms with Crippen molar-refractivity contribution < 1.29 is 24.8 Å². The average Bonchev–Trinajstić information content (AvgIpc) is 3.12. The smallest absolute Gasteiger partial charge is 0.114 e. The number of unbranched alkanes of at least 4 members (excludes halogenated alkanes) is 13. The normalized spacial score (nSPS) is 22.9. The molecular weight excluding hydrogens is 380 g/mol. The van der Waals surface area contributed by atoms with Crippen LogP contribution < -0.4 is 0 Å². The summed E-state index contributed by atoms with van der Waals surface area (Å²) in [5.74, 6) is 0. The zero-order valence-corrected chi connectivity index (χ0v) is 19.4. The van der Waals surface area contributed by atoms with Gasteiger partial charge >= 0.3 is 0 Å². The Labute approximate surface area is 184 Å². The van der Waals surface area contributed by atoms with Crippen LogP contribution >= 0.6 is 0 Å². The Balaban J connectivity index is 1.83. The molecule has 0 unspecified atom stereocenters. The zero-order valence-electron chi connectivity index (χ0n) is 19.4. The molecule has 30 heavy (non-hydrogen) atoms. The molecule has 5 heteroatoms. The van der Waals surface area contributed by atoms with Gasteiger partial charge < -0.3 is 24.8 Å².